The van der Waals surface area contributed by atoms with Gasteiger partial charge in [-0.25, -0.2) is 4.39 Å². The molecular formula is C33H40ClF2NO2S. The summed E-state index contributed by atoms with van der Waals surface area (Å²) in [5.74, 6) is 1.33. The molecule has 0 aromatic heterocycles. The zero-order valence-electron chi connectivity index (χ0n) is 23.9. The lowest BCUT2D eigenvalue weighted by molar-refractivity contribution is 0.186. The Bertz CT molecular complexity index is 1280. The number of nitrogens with two attached hydrogens (primary N) is 1. The maximum Gasteiger partial charge on any atom is 0.153 e. The molecule has 1 unspecified atom stereocenters. The van der Waals surface area contributed by atoms with Gasteiger partial charge in [-0.2, -0.15) is 0 Å². The van der Waals surface area contributed by atoms with Crippen LogP contribution in [0, 0.1) is 5.82 Å². The molecule has 2 N–H and O–H groups in total. The van der Waals surface area contributed by atoms with Crippen LogP contribution in [0.15, 0.2) is 59.5 Å². The van der Waals surface area contributed by atoms with Gasteiger partial charge in [-0.1, -0.05) is 63.4 Å². The lowest BCUT2D eigenvalue weighted by atomic mass is 9.89. The van der Waals surface area contributed by atoms with Crippen LogP contribution in [0.3, 0.4) is 0 Å². The fourth-order valence-electron chi connectivity index (χ4n) is 4.52. The maximum atomic E-state index is 15.5. The number of anilines is 1. The second-order valence-corrected chi connectivity index (χ2v) is 11.0. The van der Waals surface area contributed by atoms with Crippen LogP contribution in [0.25, 0.3) is 11.1 Å². The van der Waals surface area contributed by atoms with E-state index >= 15 is 4.39 Å². The summed E-state index contributed by atoms with van der Waals surface area (Å²) in [5, 5.41) is 0.00887. The molecule has 0 saturated heterocycles. The molecule has 40 heavy (non-hydrogen) atoms. The molecule has 0 amide bonds. The summed E-state index contributed by atoms with van der Waals surface area (Å²) in [4.78, 5) is 1.08. The number of alkyl halides is 1. The van der Waals surface area contributed by atoms with Crippen molar-refractivity contribution in [1.82, 2.24) is 0 Å². The SMILES string of the molecule is CCCC(CC)Oc1ccc(C2=C(c3ccc(OCC)c(Cl)c3F)CSc3cc(N)ccc32)cc1.CCCCF. The van der Waals surface area contributed by atoms with Gasteiger partial charge >= 0.3 is 0 Å². The zero-order chi connectivity index (χ0) is 29.1. The standard InChI is InChI=1S/C29H31ClFNO2S.C4H9F/c1-4-7-20(5-2)34-21-11-8-18(9-12-21)27-23-13-10-19(32)16-26(23)35-17-24(27)22-14-15-25(33-6-3)28(30)29(22)31;1-2-3-4-5/h8-16,20H,4-7,17,32H2,1-3H3;2-4H2,1H3. The van der Waals surface area contributed by atoms with E-state index in [4.69, 9.17) is 26.8 Å². The van der Waals surface area contributed by atoms with Gasteiger partial charge in [0.2, 0.25) is 0 Å². The Labute approximate surface area is 247 Å². The van der Waals surface area contributed by atoms with Gasteiger partial charge in [0.15, 0.2) is 5.82 Å². The van der Waals surface area contributed by atoms with E-state index in [-0.39, 0.29) is 17.8 Å². The van der Waals surface area contributed by atoms with Gasteiger partial charge in [0, 0.05) is 21.9 Å². The zero-order valence-corrected chi connectivity index (χ0v) is 25.4. The minimum Gasteiger partial charge on any atom is -0.492 e. The van der Waals surface area contributed by atoms with Crippen LogP contribution in [0.1, 0.15) is 76.5 Å². The first-order valence-electron chi connectivity index (χ1n) is 14.1. The number of hydrogen-bond donors (Lipinski definition) is 1. The van der Waals surface area contributed by atoms with E-state index in [0.29, 0.717) is 29.4 Å². The topological polar surface area (TPSA) is 44.5 Å². The van der Waals surface area contributed by atoms with Crippen LogP contribution in [-0.2, 0) is 0 Å². The molecule has 4 rings (SSSR count). The minimum absolute atomic E-state index is 0.00887. The molecule has 216 valence electrons. The van der Waals surface area contributed by atoms with Crippen LogP contribution < -0.4 is 15.2 Å². The van der Waals surface area contributed by atoms with Crippen molar-refractivity contribution in [2.75, 3.05) is 24.8 Å². The van der Waals surface area contributed by atoms with Gasteiger partial charge in [0.1, 0.15) is 16.5 Å². The highest BCUT2D eigenvalue weighted by atomic mass is 35.5. The quantitative estimate of drug-likeness (QED) is 0.227. The lowest BCUT2D eigenvalue weighted by Gasteiger charge is -2.25. The van der Waals surface area contributed by atoms with Crippen molar-refractivity contribution < 1.29 is 18.3 Å². The van der Waals surface area contributed by atoms with Crippen LogP contribution in [-0.4, -0.2) is 25.1 Å². The molecular weight excluding hydrogens is 548 g/mol. The fourth-order valence-corrected chi connectivity index (χ4v) is 5.88. The van der Waals surface area contributed by atoms with Crippen molar-refractivity contribution in [1.29, 1.82) is 0 Å². The summed E-state index contributed by atoms with van der Waals surface area (Å²) in [7, 11) is 0. The van der Waals surface area contributed by atoms with Gasteiger partial charge in [0.25, 0.3) is 0 Å². The minimum atomic E-state index is -0.463. The molecule has 1 aliphatic heterocycles. The fraction of sp³-hybridized carbons (Fsp3) is 0.394. The highest BCUT2D eigenvalue weighted by Gasteiger charge is 2.26. The molecule has 0 aliphatic carbocycles. The van der Waals surface area contributed by atoms with E-state index in [2.05, 4.69) is 13.8 Å². The number of fused-ring (bicyclic) bond motifs is 1. The third kappa shape index (κ3) is 7.94. The summed E-state index contributed by atoms with van der Waals surface area (Å²) in [6.45, 7) is 8.39. The van der Waals surface area contributed by atoms with Crippen molar-refractivity contribution in [3.05, 3.63) is 82.1 Å². The Morgan fingerprint density at radius 2 is 1.70 bits per heavy atom. The van der Waals surface area contributed by atoms with E-state index in [1.54, 1.807) is 23.9 Å². The van der Waals surface area contributed by atoms with Gasteiger partial charge in [-0.15, -0.1) is 11.8 Å². The average Bonchev–Trinajstić information content (AvgIpc) is 2.96. The Morgan fingerprint density at radius 1 is 0.975 bits per heavy atom. The molecule has 7 heteroatoms. The Kier molecular flexibility index (Phi) is 12.7. The third-order valence-corrected chi connectivity index (χ3v) is 8.05. The number of unbranched alkanes of at least 4 members (excludes halogenated alkanes) is 1. The van der Waals surface area contributed by atoms with Crippen LogP contribution in [0.2, 0.25) is 5.02 Å². The van der Waals surface area contributed by atoms with Crippen molar-refractivity contribution in [2.24, 2.45) is 0 Å². The van der Waals surface area contributed by atoms with Gasteiger partial charge < -0.3 is 15.2 Å². The van der Waals surface area contributed by atoms with Gasteiger partial charge in [-0.05, 0) is 84.9 Å². The van der Waals surface area contributed by atoms with Crippen LogP contribution in [0.5, 0.6) is 11.5 Å². The van der Waals surface area contributed by atoms with E-state index in [1.165, 1.54) is 0 Å². The van der Waals surface area contributed by atoms with E-state index in [0.717, 1.165) is 65.0 Å². The largest absolute Gasteiger partial charge is 0.492 e. The molecule has 0 spiro atoms. The molecule has 0 fully saturated rings. The molecule has 1 aliphatic rings. The van der Waals surface area contributed by atoms with E-state index in [1.807, 2.05) is 56.3 Å². The molecule has 1 heterocycles. The van der Waals surface area contributed by atoms with Crippen molar-refractivity contribution in [3.8, 4) is 11.5 Å². The van der Waals surface area contributed by atoms with Crippen molar-refractivity contribution >= 4 is 40.2 Å². The molecule has 3 aromatic rings. The van der Waals surface area contributed by atoms with Crippen LogP contribution in [0.4, 0.5) is 14.5 Å². The van der Waals surface area contributed by atoms with E-state index < -0.39 is 5.82 Å². The smallest absolute Gasteiger partial charge is 0.153 e. The summed E-state index contributed by atoms with van der Waals surface area (Å²) in [6, 6.07) is 17.5. The number of nitrogen functional groups attached to an aromatic ring is 1. The number of rotatable bonds is 11. The summed E-state index contributed by atoms with van der Waals surface area (Å²) < 4.78 is 38.2. The Morgan fingerprint density at radius 3 is 2.30 bits per heavy atom. The first kappa shape index (κ1) is 31.8. The predicted octanol–water partition coefficient (Wildman–Crippen LogP) is 10.2. The molecule has 0 bridgehead atoms. The number of hydrogen-bond acceptors (Lipinski definition) is 4. The number of benzene rings is 3. The molecule has 0 radical (unpaired) electrons. The summed E-state index contributed by atoms with van der Waals surface area (Å²) in [6.07, 6.45) is 4.97. The predicted molar refractivity (Wildman–Crippen MR) is 167 cm³/mol. The summed E-state index contributed by atoms with van der Waals surface area (Å²) in [5.41, 5.74) is 11.1. The maximum absolute atomic E-state index is 15.5. The average molecular weight is 588 g/mol. The first-order valence-corrected chi connectivity index (χ1v) is 15.4. The highest BCUT2D eigenvalue weighted by Crippen LogP contribution is 2.46. The van der Waals surface area contributed by atoms with Gasteiger partial charge in [0.05, 0.1) is 19.4 Å². The lowest BCUT2D eigenvalue weighted by Crippen LogP contribution is -2.14. The molecule has 3 aromatic carbocycles. The number of thioether (sulfide) groups is 1. The summed E-state index contributed by atoms with van der Waals surface area (Å²) >= 11 is 8.01. The highest BCUT2D eigenvalue weighted by molar-refractivity contribution is 7.99. The number of ether oxygens (including phenoxy) is 2. The molecule has 0 saturated carbocycles. The monoisotopic (exact) mass is 587 g/mol. The van der Waals surface area contributed by atoms with Crippen molar-refractivity contribution in [2.45, 2.75) is 70.8 Å². The van der Waals surface area contributed by atoms with E-state index in [9.17, 15) is 4.39 Å². The Balaban J connectivity index is 0.000000810. The number of halogens is 3. The van der Waals surface area contributed by atoms with Gasteiger partial charge in [-0.3, -0.25) is 4.39 Å². The molecule has 3 nitrogen and oxygen atoms in total. The normalized spacial score (nSPS) is 13.3. The second kappa shape index (κ2) is 15.9. The van der Waals surface area contributed by atoms with Crippen molar-refractivity contribution in [3.63, 3.8) is 0 Å². The van der Waals surface area contributed by atoms with Crippen LogP contribution >= 0.6 is 23.4 Å². The first-order chi connectivity index (χ1) is 19.4. The molecule has 1 atom stereocenters. The Hall–Kier alpha value is -2.70. The second-order valence-electron chi connectivity index (χ2n) is 9.57. The third-order valence-electron chi connectivity index (χ3n) is 6.62.